The fourth-order valence-electron chi connectivity index (χ4n) is 7.04. The van der Waals surface area contributed by atoms with Crippen LogP contribution < -0.4 is 20.3 Å². The number of ether oxygens (including phenoxy) is 1. The Morgan fingerprint density at radius 3 is 2.11 bits per heavy atom. The second kappa shape index (κ2) is 20.1. The molecule has 3 amide bonds. The van der Waals surface area contributed by atoms with Crippen LogP contribution in [0.4, 0.5) is 28.4 Å². The van der Waals surface area contributed by atoms with E-state index in [1.807, 2.05) is 42.5 Å². The number of carbonyl (C=O) groups is 3. The van der Waals surface area contributed by atoms with Gasteiger partial charge in [-0.05, 0) is 102 Å². The Labute approximate surface area is 375 Å². The molecule has 6 rings (SSSR count). The Morgan fingerprint density at radius 2 is 1.43 bits per heavy atom. The van der Waals surface area contributed by atoms with Crippen LogP contribution in [0.1, 0.15) is 106 Å². The zero-order valence-electron chi connectivity index (χ0n) is 37.1. The molecule has 0 saturated heterocycles. The van der Waals surface area contributed by atoms with E-state index in [1.54, 1.807) is 65.6 Å². The molecule has 0 fully saturated rings. The highest BCUT2D eigenvalue weighted by atomic mass is 35.5. The lowest BCUT2D eigenvalue weighted by atomic mass is 9.76. The first-order valence-electron chi connectivity index (χ1n) is 21.5. The summed E-state index contributed by atoms with van der Waals surface area (Å²) in [4.78, 5) is 42.3. The number of unbranched alkanes of at least 4 members (excludes halogenated alkanes) is 1. The second-order valence-corrected chi connectivity index (χ2v) is 17.3. The first-order valence-corrected chi connectivity index (χ1v) is 21.9. The van der Waals surface area contributed by atoms with Gasteiger partial charge in [-0.3, -0.25) is 14.4 Å². The lowest BCUT2D eigenvalue weighted by Crippen LogP contribution is -2.31. The van der Waals surface area contributed by atoms with Crippen LogP contribution in [0.3, 0.4) is 0 Å². The second-order valence-electron chi connectivity index (χ2n) is 16.9. The van der Waals surface area contributed by atoms with Gasteiger partial charge in [0.05, 0.1) is 27.6 Å². The van der Waals surface area contributed by atoms with Gasteiger partial charge in [0.25, 0.3) is 17.7 Å². The fourth-order valence-corrected chi connectivity index (χ4v) is 7.20. The van der Waals surface area contributed by atoms with Crippen molar-refractivity contribution < 1.29 is 24.2 Å². The van der Waals surface area contributed by atoms with Gasteiger partial charge in [-0.15, -0.1) is 5.11 Å². The van der Waals surface area contributed by atoms with E-state index in [-0.39, 0.29) is 51.3 Å². The van der Waals surface area contributed by atoms with Gasteiger partial charge in [0.1, 0.15) is 11.5 Å². The highest BCUT2D eigenvalue weighted by Gasteiger charge is 2.27. The number of halogens is 1. The summed E-state index contributed by atoms with van der Waals surface area (Å²) < 4.78 is 6.13. The number of azo groups is 1. The van der Waals surface area contributed by atoms with Crippen LogP contribution in [-0.2, 0) is 15.6 Å². The Bertz CT molecular complexity index is 2630. The molecule has 0 aliphatic carbocycles. The molecule has 0 aliphatic rings. The summed E-state index contributed by atoms with van der Waals surface area (Å²) in [6.07, 6.45) is 3.66. The van der Waals surface area contributed by atoms with Gasteiger partial charge in [-0.1, -0.05) is 121 Å². The lowest BCUT2D eigenvalue weighted by molar-refractivity contribution is -0.118. The van der Waals surface area contributed by atoms with E-state index in [0.717, 1.165) is 36.9 Å². The average molecular weight is 867 g/mol. The number of aromatic hydroxyl groups is 1. The maximum Gasteiger partial charge on any atom is 0.262 e. The number of fused-ring (bicyclic) bond motifs is 1. The molecule has 326 valence electrons. The van der Waals surface area contributed by atoms with Crippen LogP contribution in [0.2, 0.25) is 5.02 Å². The zero-order valence-corrected chi connectivity index (χ0v) is 37.8. The molecule has 0 spiro atoms. The van der Waals surface area contributed by atoms with E-state index in [0.29, 0.717) is 45.7 Å². The summed E-state index contributed by atoms with van der Waals surface area (Å²) in [5.41, 5.74) is 4.87. The first kappa shape index (κ1) is 46.0. The van der Waals surface area contributed by atoms with E-state index >= 15 is 0 Å². The lowest BCUT2D eigenvalue weighted by Gasteiger charge is -2.30. The third-order valence-electron chi connectivity index (χ3n) is 11.8. The molecule has 0 atom stereocenters. The quantitative estimate of drug-likeness (QED) is 0.0785. The Kier molecular flexibility index (Phi) is 14.7. The molecule has 0 aliphatic heterocycles. The molecule has 0 saturated carbocycles. The molecule has 6 aromatic rings. The molecule has 3 N–H and O–H groups in total. The van der Waals surface area contributed by atoms with Gasteiger partial charge < -0.3 is 25.4 Å². The predicted molar refractivity (Wildman–Crippen MR) is 256 cm³/mol. The zero-order chi connectivity index (χ0) is 45.3. The summed E-state index contributed by atoms with van der Waals surface area (Å²) in [6.45, 7) is 15.5. The molecule has 0 bridgehead atoms. The van der Waals surface area contributed by atoms with E-state index in [9.17, 15) is 19.5 Å². The van der Waals surface area contributed by atoms with Gasteiger partial charge in [-0.25, -0.2) is 0 Å². The van der Waals surface area contributed by atoms with Crippen molar-refractivity contribution in [1.82, 2.24) is 0 Å². The van der Waals surface area contributed by atoms with E-state index in [4.69, 9.17) is 16.3 Å². The Morgan fingerprint density at radius 1 is 0.746 bits per heavy atom. The van der Waals surface area contributed by atoms with Crippen molar-refractivity contribution in [3.63, 3.8) is 0 Å². The fraction of sp³-hybridized carbons (Fsp3) is 0.288. The highest BCUT2D eigenvalue weighted by molar-refractivity contribution is 6.34. The smallest absolute Gasteiger partial charge is 0.262 e. The molecule has 10 nitrogen and oxygen atoms in total. The summed E-state index contributed by atoms with van der Waals surface area (Å²) in [7, 11) is 0. The SMILES string of the molecule is CCCCN(C(=O)c1ccccc1)c1ccc(N=Nc2cc(C(=O)Nc3cc(NC(=O)COc4ccc(C(C)(C)CC)cc4C(C)(C)CC)ccc3Cl)c(O)c3ccccc23)cc1. The van der Waals surface area contributed by atoms with Crippen LogP contribution in [-0.4, -0.2) is 36.0 Å². The van der Waals surface area contributed by atoms with Crippen molar-refractivity contribution in [2.24, 2.45) is 10.2 Å². The Balaban J connectivity index is 1.18. The molecule has 0 heterocycles. The average Bonchev–Trinajstić information content (AvgIpc) is 3.29. The maximum absolute atomic E-state index is 13.9. The van der Waals surface area contributed by atoms with Crippen molar-refractivity contribution in [3.8, 4) is 11.5 Å². The third kappa shape index (κ3) is 10.9. The summed E-state index contributed by atoms with van der Waals surface area (Å²) >= 11 is 6.55. The van der Waals surface area contributed by atoms with Gasteiger partial charge in [0.2, 0.25) is 0 Å². The number of benzene rings is 6. The summed E-state index contributed by atoms with van der Waals surface area (Å²) in [5, 5.41) is 27.2. The molecule has 11 heteroatoms. The van der Waals surface area contributed by atoms with Crippen molar-refractivity contribution in [3.05, 3.63) is 149 Å². The standard InChI is InChI=1S/C52H56ClN5O5/c1-8-11-29-58(50(62)34-17-13-12-14-18-34)38-25-22-36(23-26-38)56-57-44-32-41(48(60)40-20-16-15-19-39(40)44)49(61)55-45-31-37(24-27-43(45)53)54-47(59)33-63-46-28-21-35(51(4,5)9-2)30-42(46)52(6,7)10-3/h12-28,30-32,60H,8-11,29,33H2,1-7H3,(H,54,59)(H,55,61). The number of nitrogens with one attached hydrogen (secondary N) is 2. The molecule has 0 aromatic heterocycles. The predicted octanol–water partition coefficient (Wildman–Crippen LogP) is 13.7. The van der Waals surface area contributed by atoms with Crippen LogP contribution in [0, 0.1) is 0 Å². The molecule has 0 unspecified atom stereocenters. The minimum atomic E-state index is -0.649. The molecule has 0 radical (unpaired) electrons. The van der Waals surface area contributed by atoms with Crippen LogP contribution in [0.5, 0.6) is 11.5 Å². The first-order chi connectivity index (χ1) is 30.1. The summed E-state index contributed by atoms with van der Waals surface area (Å²) in [6, 6.07) is 35.9. The van der Waals surface area contributed by atoms with Gasteiger partial charge in [0.15, 0.2) is 6.61 Å². The highest BCUT2D eigenvalue weighted by Crippen LogP contribution is 2.40. The minimum absolute atomic E-state index is 0.00447. The topological polar surface area (TPSA) is 133 Å². The summed E-state index contributed by atoms with van der Waals surface area (Å²) in [5.74, 6) is -0.703. The largest absolute Gasteiger partial charge is 0.506 e. The van der Waals surface area contributed by atoms with Crippen molar-refractivity contribution in [2.75, 3.05) is 28.7 Å². The number of hydrogen-bond donors (Lipinski definition) is 3. The maximum atomic E-state index is 13.9. The van der Waals surface area contributed by atoms with E-state index in [1.165, 1.54) is 11.6 Å². The number of phenolic OH excluding ortho intramolecular Hbond substituents is 1. The van der Waals surface area contributed by atoms with Gasteiger partial charge in [0, 0.05) is 39.8 Å². The van der Waals surface area contributed by atoms with E-state index < -0.39 is 5.91 Å². The van der Waals surface area contributed by atoms with Crippen LogP contribution >= 0.6 is 11.6 Å². The monoisotopic (exact) mass is 865 g/mol. The van der Waals surface area contributed by atoms with Crippen LogP contribution in [0.15, 0.2) is 132 Å². The molecule has 63 heavy (non-hydrogen) atoms. The number of hydrogen-bond acceptors (Lipinski definition) is 7. The number of anilines is 3. The van der Waals surface area contributed by atoms with Gasteiger partial charge in [-0.2, -0.15) is 5.11 Å². The Hall–Kier alpha value is -6.52. The number of amides is 3. The minimum Gasteiger partial charge on any atom is -0.506 e. The van der Waals surface area contributed by atoms with Gasteiger partial charge >= 0.3 is 0 Å². The number of carbonyl (C=O) groups excluding carboxylic acids is 3. The molecular formula is C52H56ClN5O5. The number of phenols is 1. The number of rotatable bonds is 17. The van der Waals surface area contributed by atoms with E-state index in [2.05, 4.69) is 81.5 Å². The molecular weight excluding hydrogens is 810 g/mol. The normalized spacial score (nSPS) is 11.7. The van der Waals surface area contributed by atoms with Crippen molar-refractivity contribution >= 4 is 68.5 Å². The third-order valence-corrected chi connectivity index (χ3v) is 12.1. The van der Waals surface area contributed by atoms with Crippen molar-refractivity contribution in [1.29, 1.82) is 0 Å². The van der Waals surface area contributed by atoms with Crippen molar-refractivity contribution in [2.45, 2.75) is 85.0 Å². The molecule has 6 aromatic carbocycles. The number of nitrogens with zero attached hydrogens (tertiary/aromatic N) is 3. The van der Waals surface area contributed by atoms with Crippen LogP contribution in [0.25, 0.3) is 10.8 Å².